The van der Waals surface area contributed by atoms with Crippen LogP contribution in [-0.4, -0.2) is 0 Å². The molecule has 4 aliphatic carbocycles. The molecule has 4 aliphatic rings. The summed E-state index contributed by atoms with van der Waals surface area (Å²) in [7, 11) is 0. The van der Waals surface area contributed by atoms with Crippen LogP contribution in [0.25, 0.3) is 0 Å². The summed E-state index contributed by atoms with van der Waals surface area (Å²) in [5, 5.41) is 8.81. The number of hydrogen-bond acceptors (Lipinski definition) is 3. The van der Waals surface area contributed by atoms with E-state index in [4.69, 9.17) is 9.68 Å². The van der Waals surface area contributed by atoms with Crippen molar-refractivity contribution in [1.29, 1.82) is 5.26 Å². The topological polar surface area (TPSA) is 54.0 Å². The Hall–Kier alpha value is -1.56. The number of nitrogens with zero attached hydrogens (tertiary/aromatic N) is 1. The minimum absolute atomic E-state index is 0.118. The van der Waals surface area contributed by atoms with Crippen molar-refractivity contribution in [3.63, 3.8) is 0 Å². The molecule has 0 spiro atoms. The highest BCUT2D eigenvalue weighted by Crippen LogP contribution is 2.59. The zero-order valence-electron chi connectivity index (χ0n) is 10.8. The highest BCUT2D eigenvalue weighted by molar-refractivity contribution is 5.26. The van der Waals surface area contributed by atoms with Gasteiger partial charge in [-0.25, -0.2) is 4.79 Å². The molecule has 1 heterocycles. The van der Waals surface area contributed by atoms with Crippen LogP contribution in [0.15, 0.2) is 21.3 Å². The summed E-state index contributed by atoms with van der Waals surface area (Å²) in [6, 6.07) is 5.38. The average Bonchev–Trinajstić information content (AvgIpc) is 2.37. The lowest BCUT2D eigenvalue weighted by atomic mass is 9.51. The van der Waals surface area contributed by atoms with E-state index in [1.165, 1.54) is 32.1 Å². The van der Waals surface area contributed by atoms with E-state index in [0.29, 0.717) is 17.8 Å². The molecule has 0 radical (unpaired) electrons. The van der Waals surface area contributed by atoms with Gasteiger partial charge in [0.05, 0.1) is 0 Å². The minimum atomic E-state index is -0.464. The van der Waals surface area contributed by atoms with Crippen LogP contribution in [0.3, 0.4) is 0 Å². The minimum Gasteiger partial charge on any atom is -0.427 e. The molecule has 19 heavy (non-hydrogen) atoms. The maximum atomic E-state index is 11.7. The Morgan fingerprint density at radius 2 is 1.68 bits per heavy atom. The van der Waals surface area contributed by atoms with Crippen LogP contribution in [-0.2, 0) is 0 Å². The van der Waals surface area contributed by atoms with Gasteiger partial charge in [0.2, 0.25) is 0 Å². The largest absolute Gasteiger partial charge is 0.427 e. The fourth-order valence-corrected chi connectivity index (χ4v) is 5.08. The molecule has 0 N–H and O–H groups in total. The Morgan fingerprint density at radius 1 is 1.05 bits per heavy atom. The Kier molecular flexibility index (Phi) is 2.35. The van der Waals surface area contributed by atoms with Gasteiger partial charge in [0.25, 0.3) is 0 Å². The van der Waals surface area contributed by atoms with Gasteiger partial charge in [-0.2, -0.15) is 5.26 Å². The third-order valence-corrected chi connectivity index (χ3v) is 5.52. The fourth-order valence-electron chi connectivity index (χ4n) is 5.08. The van der Waals surface area contributed by atoms with E-state index < -0.39 is 5.63 Å². The summed E-state index contributed by atoms with van der Waals surface area (Å²) < 4.78 is 5.45. The van der Waals surface area contributed by atoms with Crippen molar-refractivity contribution in [1.82, 2.24) is 0 Å². The molecular weight excluding hydrogens is 238 g/mol. The Labute approximate surface area is 112 Å². The Balaban J connectivity index is 1.71. The monoisotopic (exact) mass is 255 g/mol. The van der Waals surface area contributed by atoms with Gasteiger partial charge >= 0.3 is 5.63 Å². The summed E-state index contributed by atoms with van der Waals surface area (Å²) >= 11 is 0. The third-order valence-electron chi connectivity index (χ3n) is 5.52. The van der Waals surface area contributed by atoms with Crippen molar-refractivity contribution < 1.29 is 4.42 Å². The van der Waals surface area contributed by atoms with Crippen LogP contribution in [0.4, 0.5) is 0 Å². The molecule has 1 aromatic heterocycles. The molecule has 1 aromatic rings. The quantitative estimate of drug-likeness (QED) is 0.775. The van der Waals surface area contributed by atoms with E-state index in [2.05, 4.69) is 0 Å². The van der Waals surface area contributed by atoms with Crippen LogP contribution in [0.1, 0.15) is 49.3 Å². The summed E-state index contributed by atoms with van der Waals surface area (Å²) in [5.41, 5.74) is -0.346. The predicted octanol–water partition coefficient (Wildman–Crippen LogP) is 3.05. The van der Waals surface area contributed by atoms with Crippen molar-refractivity contribution in [3.05, 3.63) is 33.9 Å². The first-order valence-corrected chi connectivity index (χ1v) is 7.28. The highest BCUT2D eigenvalue weighted by Gasteiger charge is 2.49. The van der Waals surface area contributed by atoms with Crippen LogP contribution < -0.4 is 5.63 Å². The summed E-state index contributed by atoms with van der Waals surface area (Å²) in [6.45, 7) is 0. The lowest BCUT2D eigenvalue weighted by Crippen LogP contribution is -2.43. The second-order valence-electron chi connectivity index (χ2n) is 6.61. The zero-order chi connectivity index (χ0) is 13.0. The fraction of sp³-hybridized carbons (Fsp3) is 0.625. The second kappa shape index (κ2) is 3.96. The van der Waals surface area contributed by atoms with Gasteiger partial charge in [-0.3, -0.25) is 0 Å². The first kappa shape index (κ1) is 11.3. The molecule has 0 amide bonds. The Morgan fingerprint density at radius 3 is 2.21 bits per heavy atom. The standard InChI is InChI=1S/C16H17NO2/c17-8-11-1-2-14(19-16(11)18)15-12-4-9-3-10(6-12)7-13(15)5-9/h1-2,9-10,12-13,15H,3-7H2. The van der Waals surface area contributed by atoms with Crippen molar-refractivity contribution in [2.45, 2.75) is 38.0 Å². The molecule has 0 unspecified atom stereocenters. The summed E-state index contributed by atoms with van der Waals surface area (Å²) in [5.74, 6) is 4.50. The van der Waals surface area contributed by atoms with Gasteiger partial charge in [-0.1, -0.05) is 0 Å². The molecule has 5 rings (SSSR count). The third kappa shape index (κ3) is 1.66. The summed E-state index contributed by atoms with van der Waals surface area (Å²) in [6.07, 6.45) is 6.66. The predicted molar refractivity (Wildman–Crippen MR) is 69.5 cm³/mol. The molecule has 98 valence electrons. The van der Waals surface area contributed by atoms with Gasteiger partial charge in [0.1, 0.15) is 17.4 Å². The van der Waals surface area contributed by atoms with Gasteiger partial charge in [-0.05, 0) is 67.9 Å². The average molecular weight is 255 g/mol. The number of rotatable bonds is 1. The summed E-state index contributed by atoms with van der Waals surface area (Å²) in [4.78, 5) is 11.7. The molecule has 0 saturated heterocycles. The highest BCUT2D eigenvalue weighted by atomic mass is 16.4. The van der Waals surface area contributed by atoms with Gasteiger partial charge < -0.3 is 4.42 Å². The maximum Gasteiger partial charge on any atom is 0.353 e. The van der Waals surface area contributed by atoms with E-state index in [1.54, 1.807) is 6.07 Å². The zero-order valence-corrected chi connectivity index (χ0v) is 10.8. The molecule has 4 saturated carbocycles. The molecule has 0 aliphatic heterocycles. The SMILES string of the molecule is N#Cc1ccc(C2C3CC4CC(C3)CC2C4)oc1=O. The van der Waals surface area contributed by atoms with Gasteiger partial charge in [0, 0.05) is 5.92 Å². The van der Waals surface area contributed by atoms with Gasteiger partial charge in [0.15, 0.2) is 0 Å². The van der Waals surface area contributed by atoms with E-state index in [9.17, 15) is 4.79 Å². The van der Waals surface area contributed by atoms with E-state index in [0.717, 1.165) is 17.6 Å². The molecule has 0 aromatic carbocycles. The van der Waals surface area contributed by atoms with Crippen LogP contribution >= 0.6 is 0 Å². The maximum absolute atomic E-state index is 11.7. The molecule has 4 bridgehead atoms. The van der Waals surface area contributed by atoms with Crippen molar-refractivity contribution in [2.75, 3.05) is 0 Å². The normalized spacial score (nSPS) is 39.2. The molecule has 0 atom stereocenters. The lowest BCUT2D eigenvalue weighted by molar-refractivity contribution is -0.0106. The Bertz CT molecular complexity index is 582. The number of nitriles is 1. The van der Waals surface area contributed by atoms with E-state index >= 15 is 0 Å². The molecule has 4 fully saturated rings. The van der Waals surface area contributed by atoms with Crippen molar-refractivity contribution >= 4 is 0 Å². The molecule has 3 nitrogen and oxygen atoms in total. The van der Waals surface area contributed by atoms with Crippen LogP contribution in [0.2, 0.25) is 0 Å². The smallest absolute Gasteiger partial charge is 0.353 e. The van der Waals surface area contributed by atoms with Crippen molar-refractivity contribution in [3.8, 4) is 6.07 Å². The first-order valence-electron chi connectivity index (χ1n) is 7.28. The van der Waals surface area contributed by atoms with Gasteiger partial charge in [-0.15, -0.1) is 0 Å². The van der Waals surface area contributed by atoms with E-state index in [-0.39, 0.29) is 5.56 Å². The first-order chi connectivity index (χ1) is 9.24. The molecule has 3 heteroatoms. The lowest BCUT2D eigenvalue weighted by Gasteiger charge is -2.53. The molecular formula is C16H17NO2. The van der Waals surface area contributed by atoms with E-state index in [1.807, 2.05) is 12.1 Å². The van der Waals surface area contributed by atoms with Crippen molar-refractivity contribution in [2.24, 2.45) is 23.7 Å². The van der Waals surface area contributed by atoms with Crippen LogP contribution in [0, 0.1) is 35.0 Å². The number of hydrogen-bond donors (Lipinski definition) is 0. The second-order valence-corrected chi connectivity index (χ2v) is 6.61. The van der Waals surface area contributed by atoms with Crippen LogP contribution in [0.5, 0.6) is 0 Å².